The minimum atomic E-state index is 0.480. The van der Waals surface area contributed by atoms with E-state index in [2.05, 4.69) is 37.4 Å². The van der Waals surface area contributed by atoms with Crippen molar-refractivity contribution in [2.45, 2.75) is 10.3 Å². The van der Waals surface area contributed by atoms with Gasteiger partial charge in [0.1, 0.15) is 34.5 Å². The number of carbonyl (C=O) groups is 1. The molecule has 0 radical (unpaired) electrons. The maximum absolute atomic E-state index is 10.4. The molecule has 3 N–H and O–H groups in total. The molecular formula is C44H38N10O3S2. The molecule has 13 nitrogen and oxygen atoms in total. The van der Waals surface area contributed by atoms with E-state index in [1.54, 1.807) is 44.8 Å². The molecule has 15 heteroatoms. The minimum absolute atomic E-state index is 0.480. The van der Waals surface area contributed by atoms with Crippen LogP contribution in [0.3, 0.4) is 0 Å². The third-order valence-corrected chi connectivity index (χ3v) is 9.92. The van der Waals surface area contributed by atoms with Crippen LogP contribution in [-0.4, -0.2) is 72.5 Å². The zero-order valence-corrected chi connectivity index (χ0v) is 34.1. The summed E-state index contributed by atoms with van der Waals surface area (Å²) in [6.07, 6.45) is 8.12. The summed E-state index contributed by atoms with van der Waals surface area (Å²) in [6, 6.07) is 38.4. The summed E-state index contributed by atoms with van der Waals surface area (Å²) in [5.74, 6) is 3.68. The van der Waals surface area contributed by atoms with Gasteiger partial charge in [-0.25, -0.2) is 34.9 Å². The van der Waals surface area contributed by atoms with Gasteiger partial charge in [-0.15, -0.1) is 0 Å². The van der Waals surface area contributed by atoms with Gasteiger partial charge in [-0.3, -0.25) is 9.36 Å². The van der Waals surface area contributed by atoms with Crippen molar-refractivity contribution in [2.24, 2.45) is 0 Å². The number of thioether (sulfide) groups is 2. The maximum Gasteiger partial charge on any atom is 0.189 e. The summed E-state index contributed by atoms with van der Waals surface area (Å²) in [4.78, 5) is 41.7. The summed E-state index contributed by atoms with van der Waals surface area (Å²) in [5, 5.41) is 6.72. The van der Waals surface area contributed by atoms with Gasteiger partial charge < -0.3 is 20.5 Å². The van der Waals surface area contributed by atoms with Crippen molar-refractivity contribution < 1.29 is 14.3 Å². The topological polar surface area (TPSA) is 169 Å². The maximum atomic E-state index is 10.4. The zero-order chi connectivity index (χ0) is 41.1. The molecule has 0 saturated carbocycles. The number of fused-ring (bicyclic) bond motifs is 3. The van der Waals surface area contributed by atoms with Crippen LogP contribution in [-0.2, 0) is 0 Å². The van der Waals surface area contributed by atoms with Crippen molar-refractivity contribution in [2.75, 3.05) is 37.8 Å². The van der Waals surface area contributed by atoms with E-state index in [1.807, 2.05) is 108 Å². The monoisotopic (exact) mass is 818 g/mol. The Hall–Kier alpha value is -7.10. The van der Waals surface area contributed by atoms with Crippen LogP contribution in [0.2, 0.25) is 0 Å². The van der Waals surface area contributed by atoms with Gasteiger partial charge in [-0.05, 0) is 73.2 Å². The lowest BCUT2D eigenvalue weighted by atomic mass is 10.2. The number of pyridine rings is 2. The van der Waals surface area contributed by atoms with Crippen LogP contribution in [0.4, 0.5) is 17.2 Å². The van der Waals surface area contributed by atoms with Crippen LogP contribution >= 0.6 is 23.5 Å². The van der Waals surface area contributed by atoms with Crippen LogP contribution in [0.25, 0.3) is 50.2 Å². The van der Waals surface area contributed by atoms with Crippen LogP contribution < -0.4 is 20.5 Å². The molecule has 9 aromatic rings. The Morgan fingerprint density at radius 3 is 1.98 bits per heavy atom. The predicted molar refractivity (Wildman–Crippen MR) is 237 cm³/mol. The number of benzene rings is 4. The summed E-state index contributed by atoms with van der Waals surface area (Å²) < 4.78 is 12.5. The van der Waals surface area contributed by atoms with Crippen molar-refractivity contribution in [3.8, 4) is 28.8 Å². The van der Waals surface area contributed by atoms with Crippen molar-refractivity contribution in [3.05, 3.63) is 139 Å². The van der Waals surface area contributed by atoms with E-state index >= 15 is 0 Å². The van der Waals surface area contributed by atoms with Gasteiger partial charge in [-0.2, -0.15) is 0 Å². The van der Waals surface area contributed by atoms with Crippen LogP contribution in [0, 0.1) is 0 Å². The average molecular weight is 819 g/mol. The number of aldehydes is 1. The molecule has 59 heavy (non-hydrogen) atoms. The average Bonchev–Trinajstić information content (AvgIpc) is 3.69. The lowest BCUT2D eigenvalue weighted by Gasteiger charge is -2.10. The van der Waals surface area contributed by atoms with E-state index in [-0.39, 0.29) is 0 Å². The van der Waals surface area contributed by atoms with Gasteiger partial charge in [0, 0.05) is 35.3 Å². The number of nitrogens with two attached hydrogens (primary N) is 1. The summed E-state index contributed by atoms with van der Waals surface area (Å²) in [6.45, 7) is 0. The highest BCUT2D eigenvalue weighted by atomic mass is 32.2. The van der Waals surface area contributed by atoms with Crippen molar-refractivity contribution in [3.63, 3.8) is 0 Å². The molecule has 0 aliphatic carbocycles. The molecule has 5 heterocycles. The Labute approximate surface area is 348 Å². The number of hydrogen-bond donors (Lipinski definition) is 2. The number of methoxy groups -OCH3 is 2. The van der Waals surface area contributed by atoms with Gasteiger partial charge >= 0.3 is 0 Å². The molecule has 0 aliphatic rings. The number of para-hydroxylation sites is 2. The number of nitrogens with one attached hydrogen (secondary N) is 1. The zero-order valence-electron chi connectivity index (χ0n) is 32.5. The summed E-state index contributed by atoms with van der Waals surface area (Å²) >= 11 is 2.99. The molecule has 0 unspecified atom stereocenters. The number of aromatic nitrogens is 8. The highest BCUT2D eigenvalue weighted by Gasteiger charge is 2.18. The number of anilines is 3. The van der Waals surface area contributed by atoms with Gasteiger partial charge in [-0.1, -0.05) is 72.1 Å². The molecule has 0 amide bonds. The first-order valence-electron chi connectivity index (χ1n) is 18.1. The predicted octanol–water partition coefficient (Wildman–Crippen LogP) is 9.34. The number of carbonyl (C=O) groups excluding carboxylic acids is 1. The fraction of sp³-hybridized carbons (Fsp3) is 0.0909. The minimum Gasteiger partial charge on any atom is -0.497 e. The second-order valence-corrected chi connectivity index (χ2v) is 14.0. The Bertz CT molecular complexity index is 2890. The lowest BCUT2D eigenvalue weighted by Crippen LogP contribution is -2.03. The molecular weight excluding hydrogens is 781 g/mol. The quantitative estimate of drug-likeness (QED) is 0.0611. The number of ether oxygens (including phenoxy) is 2. The van der Waals surface area contributed by atoms with Crippen LogP contribution in [0.5, 0.6) is 11.5 Å². The summed E-state index contributed by atoms with van der Waals surface area (Å²) in [5.41, 5.74) is 12.1. The van der Waals surface area contributed by atoms with Gasteiger partial charge in [0.05, 0.1) is 47.7 Å². The molecule has 0 saturated heterocycles. The van der Waals surface area contributed by atoms with E-state index in [1.165, 1.54) is 23.5 Å². The normalized spacial score (nSPS) is 10.6. The van der Waals surface area contributed by atoms with Crippen LogP contribution in [0.15, 0.2) is 144 Å². The number of nitrogens with zero attached hydrogens (tertiary/aromatic N) is 8. The summed E-state index contributed by atoms with van der Waals surface area (Å²) in [7, 11) is 3.26. The third kappa shape index (κ3) is 9.55. The second kappa shape index (κ2) is 18.9. The Balaban J connectivity index is 0.000000150. The SMILES string of the molecule is COc1ccc(Nc2ccnc(SC)n2)c(N)c1.COc1ccc2c(c1)nc(-c1ccc3ccccc3n1)n2-c1ccnc(SC)n1.O=Cc1ccc2ccccc2n1. The van der Waals surface area contributed by atoms with Crippen molar-refractivity contribution >= 4 is 79.8 Å². The molecule has 4 aromatic carbocycles. The van der Waals surface area contributed by atoms with Crippen molar-refractivity contribution in [1.82, 2.24) is 39.5 Å². The highest BCUT2D eigenvalue weighted by Crippen LogP contribution is 2.31. The first kappa shape index (κ1) is 40.1. The molecule has 294 valence electrons. The molecule has 0 spiro atoms. The number of hydrogen-bond acceptors (Lipinski definition) is 14. The molecule has 0 atom stereocenters. The number of imidazole rings is 1. The Morgan fingerprint density at radius 1 is 0.644 bits per heavy atom. The van der Waals surface area contributed by atoms with E-state index in [0.717, 1.165) is 73.6 Å². The van der Waals surface area contributed by atoms with Crippen molar-refractivity contribution in [1.29, 1.82) is 0 Å². The molecule has 9 rings (SSSR count). The molecule has 5 aromatic heterocycles. The standard InChI is InChI=1S/C22H17N5OS.C12H14N4OS.C10H7NO/c1-28-15-8-10-19-18(13-15)25-21(27(19)20-11-12-23-22(26-20)29-2)17-9-7-14-5-3-4-6-16(14)24-17;1-17-8-3-4-10(9(13)7-8)15-11-5-6-14-12(16-11)18-2;12-7-9-6-5-8-3-1-2-4-10(8)11-9/h3-13H,1-2H3;3-7H,13H2,1-2H3,(H,14,15,16);1-7H. The third-order valence-electron chi connectivity index (χ3n) is 8.80. The Morgan fingerprint density at radius 2 is 1.29 bits per heavy atom. The van der Waals surface area contributed by atoms with Gasteiger partial charge in [0.15, 0.2) is 22.4 Å². The highest BCUT2D eigenvalue weighted by molar-refractivity contribution is 7.98. The molecule has 0 bridgehead atoms. The molecule has 0 aliphatic heterocycles. The van der Waals surface area contributed by atoms with E-state index in [0.29, 0.717) is 27.5 Å². The van der Waals surface area contributed by atoms with Crippen LogP contribution in [0.1, 0.15) is 10.5 Å². The largest absolute Gasteiger partial charge is 0.497 e. The van der Waals surface area contributed by atoms with E-state index in [9.17, 15) is 4.79 Å². The fourth-order valence-corrected chi connectivity index (χ4v) is 6.62. The Kier molecular flexibility index (Phi) is 12.8. The first-order chi connectivity index (χ1) is 28.9. The second-order valence-electron chi connectivity index (χ2n) is 12.5. The lowest BCUT2D eigenvalue weighted by molar-refractivity contribution is 0.111. The molecule has 0 fully saturated rings. The fourth-order valence-electron chi connectivity index (χ4n) is 5.91. The smallest absolute Gasteiger partial charge is 0.189 e. The van der Waals surface area contributed by atoms with Gasteiger partial charge in [0.2, 0.25) is 0 Å². The number of nitrogen functional groups attached to an aromatic ring is 1. The van der Waals surface area contributed by atoms with Gasteiger partial charge in [0.25, 0.3) is 0 Å². The number of rotatable bonds is 9. The van der Waals surface area contributed by atoms with E-state index < -0.39 is 0 Å². The van der Waals surface area contributed by atoms with E-state index in [4.69, 9.17) is 30.2 Å². The first-order valence-corrected chi connectivity index (χ1v) is 20.5.